The van der Waals surface area contributed by atoms with Gasteiger partial charge >= 0.3 is 17.8 Å². The number of rotatable bonds is 4. The second-order valence-corrected chi connectivity index (χ2v) is 4.37. The Balaban J connectivity index is 1.69. The molecule has 6 nitrogen and oxygen atoms in total. The SMILES string of the molecule is O=C(Nc1ccccc1)c1nnc(Nc2cccc(F)c2)o1. The third-order valence-corrected chi connectivity index (χ3v) is 2.73. The Labute approximate surface area is 125 Å². The number of hydrogen-bond acceptors (Lipinski definition) is 5. The van der Waals surface area contributed by atoms with E-state index in [9.17, 15) is 9.18 Å². The van der Waals surface area contributed by atoms with Crippen LogP contribution in [0.1, 0.15) is 10.7 Å². The van der Waals surface area contributed by atoms with Gasteiger partial charge < -0.3 is 15.1 Å². The van der Waals surface area contributed by atoms with Gasteiger partial charge in [-0.3, -0.25) is 4.79 Å². The predicted molar refractivity (Wildman–Crippen MR) is 78.4 cm³/mol. The van der Waals surface area contributed by atoms with Crippen LogP contribution < -0.4 is 10.6 Å². The lowest BCUT2D eigenvalue weighted by Crippen LogP contribution is -2.12. The highest BCUT2D eigenvalue weighted by Gasteiger charge is 2.15. The minimum absolute atomic E-state index is 0.00353. The molecule has 22 heavy (non-hydrogen) atoms. The van der Waals surface area contributed by atoms with Gasteiger partial charge in [0.1, 0.15) is 5.82 Å². The monoisotopic (exact) mass is 298 g/mol. The van der Waals surface area contributed by atoms with E-state index in [0.29, 0.717) is 11.4 Å². The van der Waals surface area contributed by atoms with E-state index in [-0.39, 0.29) is 11.9 Å². The Morgan fingerprint density at radius 1 is 1.00 bits per heavy atom. The summed E-state index contributed by atoms with van der Waals surface area (Å²) in [5, 5.41) is 12.7. The molecular formula is C15H11FN4O2. The fourth-order valence-electron chi connectivity index (χ4n) is 1.76. The number of aromatic nitrogens is 2. The molecule has 1 amide bonds. The largest absolute Gasteiger partial charge is 0.399 e. The molecule has 0 aliphatic heterocycles. The molecule has 3 rings (SSSR count). The van der Waals surface area contributed by atoms with Crippen molar-refractivity contribution in [2.75, 3.05) is 10.6 Å². The Kier molecular flexibility index (Phi) is 3.78. The van der Waals surface area contributed by atoms with Gasteiger partial charge in [0, 0.05) is 11.4 Å². The van der Waals surface area contributed by atoms with Crippen molar-refractivity contribution in [2.45, 2.75) is 0 Å². The molecule has 0 fully saturated rings. The van der Waals surface area contributed by atoms with Gasteiger partial charge in [-0.05, 0) is 30.3 Å². The summed E-state index contributed by atoms with van der Waals surface area (Å²) in [5.74, 6) is -1.11. The zero-order chi connectivity index (χ0) is 15.4. The summed E-state index contributed by atoms with van der Waals surface area (Å²) in [7, 11) is 0. The van der Waals surface area contributed by atoms with Gasteiger partial charge in [0.15, 0.2) is 0 Å². The average molecular weight is 298 g/mol. The van der Waals surface area contributed by atoms with Crippen LogP contribution in [0.5, 0.6) is 0 Å². The number of amides is 1. The Hall–Kier alpha value is -3.22. The molecule has 2 aromatic carbocycles. The quantitative estimate of drug-likeness (QED) is 0.773. The second kappa shape index (κ2) is 6.04. The smallest absolute Gasteiger partial charge is 0.320 e. The van der Waals surface area contributed by atoms with Crippen molar-refractivity contribution in [3.8, 4) is 0 Å². The molecule has 0 spiro atoms. The molecule has 0 saturated heterocycles. The lowest BCUT2D eigenvalue weighted by Gasteiger charge is -2.01. The molecule has 7 heteroatoms. The van der Waals surface area contributed by atoms with Crippen LogP contribution in [0.15, 0.2) is 59.0 Å². The van der Waals surface area contributed by atoms with Crippen molar-refractivity contribution in [2.24, 2.45) is 0 Å². The molecule has 0 aliphatic rings. The van der Waals surface area contributed by atoms with Crippen LogP contribution in [0.3, 0.4) is 0 Å². The average Bonchev–Trinajstić information content (AvgIpc) is 2.97. The molecule has 0 unspecified atom stereocenters. The topological polar surface area (TPSA) is 80.0 Å². The standard InChI is InChI=1S/C15H11FN4O2/c16-10-5-4-8-12(9-10)18-15-20-19-14(22-15)13(21)17-11-6-2-1-3-7-11/h1-9H,(H,17,21)(H,18,20). The Bertz CT molecular complexity index is 789. The van der Waals surface area contributed by atoms with E-state index in [2.05, 4.69) is 20.8 Å². The predicted octanol–water partition coefficient (Wildman–Crippen LogP) is 3.20. The molecule has 0 aliphatic carbocycles. The van der Waals surface area contributed by atoms with Gasteiger partial charge in [-0.15, -0.1) is 5.10 Å². The normalized spacial score (nSPS) is 10.2. The first kappa shape index (κ1) is 13.7. The molecule has 3 aromatic rings. The van der Waals surface area contributed by atoms with Crippen molar-refractivity contribution < 1.29 is 13.6 Å². The summed E-state index contributed by atoms with van der Waals surface area (Å²) < 4.78 is 18.3. The molecular weight excluding hydrogens is 287 g/mol. The lowest BCUT2D eigenvalue weighted by atomic mass is 10.3. The number of anilines is 3. The summed E-state index contributed by atoms with van der Waals surface area (Å²) in [4.78, 5) is 11.9. The van der Waals surface area contributed by atoms with Crippen molar-refractivity contribution in [3.63, 3.8) is 0 Å². The number of nitrogens with one attached hydrogen (secondary N) is 2. The van der Waals surface area contributed by atoms with E-state index in [0.717, 1.165) is 0 Å². The van der Waals surface area contributed by atoms with Crippen LogP contribution in [0.25, 0.3) is 0 Å². The van der Waals surface area contributed by atoms with Gasteiger partial charge in [0.05, 0.1) is 0 Å². The Morgan fingerprint density at radius 2 is 1.77 bits per heavy atom. The number of nitrogens with zero attached hydrogens (tertiary/aromatic N) is 2. The van der Waals surface area contributed by atoms with Gasteiger partial charge in [-0.1, -0.05) is 29.4 Å². The molecule has 2 N–H and O–H groups in total. The van der Waals surface area contributed by atoms with Crippen LogP contribution in [-0.2, 0) is 0 Å². The third-order valence-electron chi connectivity index (χ3n) is 2.73. The third kappa shape index (κ3) is 3.26. The highest BCUT2D eigenvalue weighted by molar-refractivity contribution is 6.00. The summed E-state index contributed by atoms with van der Waals surface area (Å²) in [6.07, 6.45) is 0. The van der Waals surface area contributed by atoms with E-state index in [1.807, 2.05) is 6.07 Å². The fourth-order valence-corrected chi connectivity index (χ4v) is 1.76. The summed E-state index contributed by atoms with van der Waals surface area (Å²) in [5.41, 5.74) is 1.06. The minimum Gasteiger partial charge on any atom is -0.399 e. The van der Waals surface area contributed by atoms with E-state index in [1.165, 1.54) is 18.2 Å². The number of carbonyl (C=O) groups is 1. The second-order valence-electron chi connectivity index (χ2n) is 4.37. The van der Waals surface area contributed by atoms with Gasteiger partial charge in [0.2, 0.25) is 0 Å². The molecule has 0 saturated carbocycles. The van der Waals surface area contributed by atoms with E-state index >= 15 is 0 Å². The Morgan fingerprint density at radius 3 is 2.55 bits per heavy atom. The zero-order valence-corrected chi connectivity index (χ0v) is 11.3. The van der Waals surface area contributed by atoms with Crippen molar-refractivity contribution >= 4 is 23.3 Å². The summed E-state index contributed by atoms with van der Waals surface area (Å²) in [6, 6.07) is 14.7. The molecule has 1 heterocycles. The minimum atomic E-state index is -0.522. The molecule has 0 atom stereocenters. The van der Waals surface area contributed by atoms with Crippen LogP contribution >= 0.6 is 0 Å². The number of carbonyl (C=O) groups excluding carboxylic acids is 1. The van der Waals surface area contributed by atoms with Crippen LogP contribution in [0.4, 0.5) is 21.8 Å². The number of hydrogen-bond donors (Lipinski definition) is 2. The highest BCUT2D eigenvalue weighted by Crippen LogP contribution is 2.16. The van der Waals surface area contributed by atoms with E-state index in [1.54, 1.807) is 30.3 Å². The molecule has 1 aromatic heterocycles. The van der Waals surface area contributed by atoms with Crippen LogP contribution in [0, 0.1) is 5.82 Å². The van der Waals surface area contributed by atoms with Gasteiger partial charge in [-0.25, -0.2) is 4.39 Å². The molecule has 110 valence electrons. The first-order valence-electron chi connectivity index (χ1n) is 6.43. The van der Waals surface area contributed by atoms with E-state index in [4.69, 9.17) is 4.42 Å². The van der Waals surface area contributed by atoms with Crippen LogP contribution in [-0.4, -0.2) is 16.1 Å². The summed E-state index contributed by atoms with van der Waals surface area (Å²) >= 11 is 0. The lowest BCUT2D eigenvalue weighted by molar-refractivity contribution is 0.0991. The fraction of sp³-hybridized carbons (Fsp3) is 0. The number of halogens is 1. The molecule has 0 bridgehead atoms. The summed E-state index contributed by atoms with van der Waals surface area (Å²) in [6.45, 7) is 0. The van der Waals surface area contributed by atoms with Crippen LogP contribution in [0.2, 0.25) is 0 Å². The maximum absolute atomic E-state index is 13.1. The zero-order valence-electron chi connectivity index (χ0n) is 11.3. The maximum atomic E-state index is 13.1. The van der Waals surface area contributed by atoms with Gasteiger partial charge in [0.25, 0.3) is 0 Å². The van der Waals surface area contributed by atoms with Crippen molar-refractivity contribution in [3.05, 3.63) is 66.3 Å². The van der Waals surface area contributed by atoms with Crippen molar-refractivity contribution in [1.29, 1.82) is 0 Å². The first-order chi connectivity index (χ1) is 10.7. The highest BCUT2D eigenvalue weighted by atomic mass is 19.1. The van der Waals surface area contributed by atoms with E-state index < -0.39 is 11.7 Å². The van der Waals surface area contributed by atoms with Gasteiger partial charge in [-0.2, -0.15) is 0 Å². The maximum Gasteiger partial charge on any atom is 0.320 e. The van der Waals surface area contributed by atoms with Crippen molar-refractivity contribution in [1.82, 2.24) is 10.2 Å². The number of benzene rings is 2. The number of para-hydroxylation sites is 1. The molecule has 0 radical (unpaired) electrons. The first-order valence-corrected chi connectivity index (χ1v) is 6.43.